The predicted octanol–water partition coefficient (Wildman–Crippen LogP) is 4.90. The van der Waals surface area contributed by atoms with Crippen molar-refractivity contribution in [3.8, 4) is 0 Å². The zero-order valence-electron chi connectivity index (χ0n) is 14.5. The molecule has 1 rings (SSSR count). The van der Waals surface area contributed by atoms with E-state index >= 15 is 0 Å². The van der Waals surface area contributed by atoms with E-state index in [0.29, 0.717) is 18.9 Å². The number of rotatable bonds is 8. The Kier molecular flexibility index (Phi) is 12.5. The van der Waals surface area contributed by atoms with E-state index in [9.17, 15) is 9.90 Å². The molecule has 1 aromatic carbocycles. The highest BCUT2D eigenvalue weighted by Crippen LogP contribution is 2.14. The number of unbranched alkanes of at least 4 members (excludes halogenated alkanes) is 1. The van der Waals surface area contributed by atoms with Crippen LogP contribution in [0.3, 0.4) is 0 Å². The first-order valence-electron chi connectivity index (χ1n) is 8.39. The highest BCUT2D eigenvalue weighted by Gasteiger charge is 2.02. The molecule has 1 N–H and O–H groups in total. The summed E-state index contributed by atoms with van der Waals surface area (Å²) in [6.07, 6.45) is 4.04. The van der Waals surface area contributed by atoms with Crippen molar-refractivity contribution in [1.29, 1.82) is 0 Å². The maximum atomic E-state index is 11.0. The Morgan fingerprint density at radius 3 is 2.32 bits per heavy atom. The number of carbonyl (C=O) groups excluding carboxylic acids is 1. The van der Waals surface area contributed by atoms with Crippen LogP contribution in [0.4, 0.5) is 0 Å². The van der Waals surface area contributed by atoms with Gasteiger partial charge in [0.15, 0.2) is 0 Å². The SMILES string of the molecule is CCC(O)c1ccccc1.CCCCC(=O)OCCC(C)C. The van der Waals surface area contributed by atoms with E-state index < -0.39 is 0 Å². The Hall–Kier alpha value is -1.35. The molecule has 126 valence electrons. The van der Waals surface area contributed by atoms with Gasteiger partial charge in [-0.3, -0.25) is 4.79 Å². The Balaban J connectivity index is 0.000000406. The van der Waals surface area contributed by atoms with Crippen LogP contribution in [-0.4, -0.2) is 17.7 Å². The molecule has 0 spiro atoms. The van der Waals surface area contributed by atoms with Gasteiger partial charge in [0.1, 0.15) is 0 Å². The molecule has 0 aliphatic heterocycles. The monoisotopic (exact) mass is 308 g/mol. The summed E-state index contributed by atoms with van der Waals surface area (Å²) in [5.74, 6) is 0.571. The van der Waals surface area contributed by atoms with Crippen LogP contribution in [0, 0.1) is 5.92 Å². The molecule has 0 bridgehead atoms. The largest absolute Gasteiger partial charge is 0.466 e. The Bertz CT molecular complexity index is 374. The number of aliphatic hydroxyl groups is 1. The van der Waals surface area contributed by atoms with E-state index in [1.165, 1.54) is 0 Å². The summed E-state index contributed by atoms with van der Waals surface area (Å²) in [5.41, 5.74) is 1.00. The van der Waals surface area contributed by atoms with E-state index in [1.54, 1.807) is 0 Å². The summed E-state index contributed by atoms with van der Waals surface area (Å²) < 4.78 is 5.02. The minimum absolute atomic E-state index is 0.0440. The van der Waals surface area contributed by atoms with Crippen LogP contribution >= 0.6 is 0 Å². The molecule has 0 aliphatic carbocycles. The molecule has 0 heterocycles. The van der Waals surface area contributed by atoms with Gasteiger partial charge in [0.25, 0.3) is 0 Å². The molecule has 0 aromatic heterocycles. The third-order valence-corrected chi connectivity index (χ3v) is 3.26. The molecule has 22 heavy (non-hydrogen) atoms. The quantitative estimate of drug-likeness (QED) is 0.695. The molecular formula is C19H32O3. The van der Waals surface area contributed by atoms with Crippen molar-refractivity contribution < 1.29 is 14.6 Å². The molecule has 1 aromatic rings. The zero-order chi connectivity index (χ0) is 16.8. The number of benzene rings is 1. The lowest BCUT2D eigenvalue weighted by Gasteiger charge is -2.05. The molecule has 0 radical (unpaired) electrons. The minimum atomic E-state index is -0.291. The summed E-state index contributed by atoms with van der Waals surface area (Å²) in [4.78, 5) is 11.0. The van der Waals surface area contributed by atoms with Gasteiger partial charge in [-0.25, -0.2) is 0 Å². The number of ether oxygens (including phenoxy) is 1. The van der Waals surface area contributed by atoms with Gasteiger partial charge in [-0.15, -0.1) is 0 Å². The summed E-state index contributed by atoms with van der Waals surface area (Å²) in [6.45, 7) is 8.87. The maximum Gasteiger partial charge on any atom is 0.305 e. The van der Waals surface area contributed by atoms with Gasteiger partial charge in [-0.05, 0) is 30.7 Å². The first kappa shape index (κ1) is 20.6. The fraction of sp³-hybridized carbons (Fsp3) is 0.632. The van der Waals surface area contributed by atoms with Gasteiger partial charge in [-0.2, -0.15) is 0 Å². The number of aliphatic hydroxyl groups excluding tert-OH is 1. The number of hydrogen-bond acceptors (Lipinski definition) is 3. The first-order chi connectivity index (χ1) is 10.5. The highest BCUT2D eigenvalue weighted by molar-refractivity contribution is 5.69. The average Bonchev–Trinajstić information content (AvgIpc) is 2.53. The van der Waals surface area contributed by atoms with Crippen LogP contribution in [0.1, 0.15) is 71.5 Å². The molecular weight excluding hydrogens is 276 g/mol. The van der Waals surface area contributed by atoms with Crippen molar-refractivity contribution in [3.05, 3.63) is 35.9 Å². The molecule has 1 atom stereocenters. The van der Waals surface area contributed by atoms with Crippen molar-refractivity contribution in [3.63, 3.8) is 0 Å². The van der Waals surface area contributed by atoms with Crippen molar-refractivity contribution in [2.45, 2.75) is 65.9 Å². The zero-order valence-corrected chi connectivity index (χ0v) is 14.5. The highest BCUT2D eigenvalue weighted by atomic mass is 16.5. The number of esters is 1. The smallest absolute Gasteiger partial charge is 0.305 e. The van der Waals surface area contributed by atoms with Crippen LogP contribution in [0.15, 0.2) is 30.3 Å². The van der Waals surface area contributed by atoms with Crippen molar-refractivity contribution in [2.24, 2.45) is 5.92 Å². The Morgan fingerprint density at radius 1 is 1.18 bits per heavy atom. The predicted molar refractivity (Wildman–Crippen MR) is 91.6 cm³/mol. The summed E-state index contributed by atoms with van der Waals surface area (Å²) in [7, 11) is 0. The molecule has 3 heteroatoms. The number of carbonyl (C=O) groups is 1. The molecule has 3 nitrogen and oxygen atoms in total. The van der Waals surface area contributed by atoms with Crippen LogP contribution in [0.2, 0.25) is 0 Å². The molecule has 0 saturated carbocycles. The third kappa shape index (κ3) is 11.3. The summed E-state index contributed by atoms with van der Waals surface area (Å²) in [6, 6.07) is 9.70. The normalized spacial score (nSPS) is 11.5. The first-order valence-corrected chi connectivity index (χ1v) is 8.39. The molecule has 0 aliphatic rings. The lowest BCUT2D eigenvalue weighted by Crippen LogP contribution is -2.07. The second-order valence-electron chi connectivity index (χ2n) is 5.84. The van der Waals surface area contributed by atoms with E-state index in [4.69, 9.17) is 4.74 Å². The van der Waals surface area contributed by atoms with E-state index in [1.807, 2.05) is 37.3 Å². The average molecular weight is 308 g/mol. The molecule has 1 unspecified atom stereocenters. The van der Waals surface area contributed by atoms with E-state index in [-0.39, 0.29) is 12.1 Å². The van der Waals surface area contributed by atoms with Gasteiger partial charge in [0.2, 0.25) is 0 Å². The minimum Gasteiger partial charge on any atom is -0.466 e. The topological polar surface area (TPSA) is 46.5 Å². The summed E-state index contributed by atoms with van der Waals surface area (Å²) >= 11 is 0. The van der Waals surface area contributed by atoms with Gasteiger partial charge < -0.3 is 9.84 Å². The van der Waals surface area contributed by atoms with Crippen molar-refractivity contribution in [1.82, 2.24) is 0 Å². The molecule has 0 amide bonds. The number of hydrogen-bond donors (Lipinski definition) is 1. The molecule has 0 saturated heterocycles. The van der Waals surface area contributed by atoms with Gasteiger partial charge in [-0.1, -0.05) is 64.4 Å². The lowest BCUT2D eigenvalue weighted by molar-refractivity contribution is -0.144. The second kappa shape index (κ2) is 13.3. The van der Waals surface area contributed by atoms with Gasteiger partial charge in [0, 0.05) is 6.42 Å². The fourth-order valence-corrected chi connectivity index (χ4v) is 1.71. The Morgan fingerprint density at radius 2 is 1.82 bits per heavy atom. The van der Waals surface area contributed by atoms with Crippen molar-refractivity contribution in [2.75, 3.05) is 6.61 Å². The van der Waals surface area contributed by atoms with Gasteiger partial charge >= 0.3 is 5.97 Å². The standard InChI is InChI=1S/C10H20O2.C9H12O/c1-4-5-6-10(11)12-8-7-9(2)3;1-2-9(10)8-6-4-3-5-7-8/h9H,4-8H2,1-3H3;3-7,9-10H,2H2,1H3. The van der Waals surface area contributed by atoms with E-state index in [2.05, 4.69) is 20.8 Å². The lowest BCUT2D eigenvalue weighted by atomic mass is 10.1. The van der Waals surface area contributed by atoms with Crippen molar-refractivity contribution >= 4 is 5.97 Å². The third-order valence-electron chi connectivity index (χ3n) is 3.26. The molecule has 0 fully saturated rings. The maximum absolute atomic E-state index is 11.0. The second-order valence-corrected chi connectivity index (χ2v) is 5.84. The fourth-order valence-electron chi connectivity index (χ4n) is 1.71. The van der Waals surface area contributed by atoms with Crippen LogP contribution in [0.5, 0.6) is 0 Å². The Labute approximate surface area is 135 Å². The van der Waals surface area contributed by atoms with Crippen LogP contribution in [0.25, 0.3) is 0 Å². The van der Waals surface area contributed by atoms with Crippen LogP contribution < -0.4 is 0 Å². The summed E-state index contributed by atoms with van der Waals surface area (Å²) in [5, 5.41) is 9.33. The van der Waals surface area contributed by atoms with Gasteiger partial charge in [0.05, 0.1) is 12.7 Å². The van der Waals surface area contributed by atoms with Crippen LogP contribution in [-0.2, 0) is 9.53 Å². The van der Waals surface area contributed by atoms with E-state index in [0.717, 1.165) is 31.2 Å².